The van der Waals surface area contributed by atoms with E-state index in [9.17, 15) is 0 Å². The highest BCUT2D eigenvalue weighted by Gasteiger charge is 2.14. The highest BCUT2D eigenvalue weighted by atomic mass is 32.1. The molecular formula is C19H28N3OS2+. The molecule has 0 saturated carbocycles. The van der Waals surface area contributed by atoms with E-state index in [2.05, 4.69) is 41.6 Å². The lowest BCUT2D eigenvalue weighted by Crippen LogP contribution is -3.12. The van der Waals surface area contributed by atoms with Crippen molar-refractivity contribution in [2.75, 3.05) is 38.6 Å². The average molecular weight is 379 g/mol. The molecule has 0 atom stereocenters. The minimum atomic E-state index is 0.758. The van der Waals surface area contributed by atoms with Crippen LogP contribution in [-0.4, -0.2) is 43.3 Å². The number of nitrogens with zero attached hydrogens (tertiary/aromatic N) is 1. The Labute approximate surface area is 160 Å². The number of rotatable bonds is 9. The summed E-state index contributed by atoms with van der Waals surface area (Å²) < 4.78 is 5.29. The molecule has 6 heteroatoms. The molecule has 1 heterocycles. The highest BCUT2D eigenvalue weighted by molar-refractivity contribution is 7.80. The number of thiocarbonyl (C=S) groups is 1. The van der Waals surface area contributed by atoms with Crippen molar-refractivity contribution in [3.05, 3.63) is 46.7 Å². The number of ether oxygens (including phenoxy) is 1. The predicted octanol–water partition coefficient (Wildman–Crippen LogP) is 2.88. The molecule has 2 aromatic rings. The zero-order valence-corrected chi connectivity index (χ0v) is 16.9. The normalized spacial score (nSPS) is 10.7. The SMILES string of the molecule is CC[NH+](CC)CCN(Cc1cccs1)C(=S)Nc1cccc(OC)c1. The van der Waals surface area contributed by atoms with Gasteiger partial charge in [0.1, 0.15) is 5.75 Å². The second-order valence-corrected chi connectivity index (χ2v) is 7.29. The van der Waals surface area contributed by atoms with Crippen LogP contribution in [0, 0.1) is 0 Å². The second kappa shape index (κ2) is 10.4. The molecule has 0 spiro atoms. The van der Waals surface area contributed by atoms with Gasteiger partial charge in [-0.15, -0.1) is 11.3 Å². The Balaban J connectivity index is 2.05. The molecule has 0 aliphatic heterocycles. The third-order valence-corrected chi connectivity index (χ3v) is 5.49. The van der Waals surface area contributed by atoms with Gasteiger partial charge in [0, 0.05) is 16.6 Å². The fourth-order valence-corrected chi connectivity index (χ4v) is 3.64. The Bertz CT molecular complexity index is 642. The van der Waals surface area contributed by atoms with Crippen LogP contribution in [0.25, 0.3) is 0 Å². The molecule has 0 radical (unpaired) electrons. The Kier molecular flexibility index (Phi) is 8.18. The summed E-state index contributed by atoms with van der Waals surface area (Å²) in [6.45, 7) is 9.60. The topological polar surface area (TPSA) is 28.9 Å². The molecule has 25 heavy (non-hydrogen) atoms. The number of hydrogen-bond acceptors (Lipinski definition) is 3. The summed E-state index contributed by atoms with van der Waals surface area (Å²) in [5.41, 5.74) is 0.954. The van der Waals surface area contributed by atoms with Crippen LogP contribution in [0.3, 0.4) is 0 Å². The monoisotopic (exact) mass is 378 g/mol. The van der Waals surface area contributed by atoms with E-state index in [1.165, 1.54) is 4.88 Å². The molecule has 1 aromatic heterocycles. The summed E-state index contributed by atoms with van der Waals surface area (Å²) in [6, 6.07) is 12.1. The van der Waals surface area contributed by atoms with E-state index in [1.54, 1.807) is 23.3 Å². The van der Waals surface area contributed by atoms with Gasteiger partial charge in [0.15, 0.2) is 5.11 Å². The molecule has 0 bridgehead atoms. The number of benzene rings is 1. The van der Waals surface area contributed by atoms with Gasteiger partial charge in [0.2, 0.25) is 0 Å². The van der Waals surface area contributed by atoms with Gasteiger partial charge in [-0.05, 0) is 49.6 Å². The molecule has 2 N–H and O–H groups in total. The van der Waals surface area contributed by atoms with Crippen molar-refractivity contribution in [2.24, 2.45) is 0 Å². The van der Waals surface area contributed by atoms with Crippen molar-refractivity contribution >= 4 is 34.4 Å². The first kappa shape index (κ1) is 19.7. The summed E-state index contributed by atoms with van der Waals surface area (Å²) >= 11 is 7.47. The van der Waals surface area contributed by atoms with E-state index in [-0.39, 0.29) is 0 Å². The molecular weight excluding hydrogens is 350 g/mol. The summed E-state index contributed by atoms with van der Waals surface area (Å²) in [7, 11) is 1.67. The van der Waals surface area contributed by atoms with Crippen LogP contribution in [0.5, 0.6) is 5.75 Å². The first-order valence-electron chi connectivity index (χ1n) is 8.72. The molecule has 4 nitrogen and oxygen atoms in total. The van der Waals surface area contributed by atoms with Crippen LogP contribution < -0.4 is 15.0 Å². The van der Waals surface area contributed by atoms with Gasteiger partial charge < -0.3 is 19.9 Å². The van der Waals surface area contributed by atoms with Crippen molar-refractivity contribution in [1.82, 2.24) is 4.90 Å². The molecule has 0 aliphatic rings. The molecule has 1 aromatic carbocycles. The number of methoxy groups -OCH3 is 1. The fraction of sp³-hybridized carbons (Fsp3) is 0.421. The van der Waals surface area contributed by atoms with Gasteiger partial charge in [-0.3, -0.25) is 0 Å². The highest BCUT2D eigenvalue weighted by Crippen LogP contribution is 2.18. The minimum Gasteiger partial charge on any atom is -0.497 e. The first-order valence-corrected chi connectivity index (χ1v) is 10.0. The lowest BCUT2D eigenvalue weighted by molar-refractivity contribution is -0.895. The van der Waals surface area contributed by atoms with Gasteiger partial charge >= 0.3 is 0 Å². The maximum atomic E-state index is 5.70. The summed E-state index contributed by atoms with van der Waals surface area (Å²) in [5, 5.41) is 6.23. The number of anilines is 1. The number of hydrogen-bond donors (Lipinski definition) is 2. The van der Waals surface area contributed by atoms with E-state index in [0.29, 0.717) is 0 Å². The summed E-state index contributed by atoms with van der Waals surface area (Å²) in [4.78, 5) is 5.16. The van der Waals surface area contributed by atoms with E-state index >= 15 is 0 Å². The third-order valence-electron chi connectivity index (χ3n) is 4.27. The van der Waals surface area contributed by atoms with Crippen molar-refractivity contribution in [3.8, 4) is 5.75 Å². The van der Waals surface area contributed by atoms with Crippen LogP contribution >= 0.6 is 23.6 Å². The molecule has 0 fully saturated rings. The predicted molar refractivity (Wildman–Crippen MR) is 111 cm³/mol. The second-order valence-electron chi connectivity index (χ2n) is 5.87. The van der Waals surface area contributed by atoms with Crippen LogP contribution in [0.15, 0.2) is 41.8 Å². The van der Waals surface area contributed by atoms with E-state index in [1.807, 2.05) is 24.3 Å². The van der Waals surface area contributed by atoms with Crippen LogP contribution in [0.4, 0.5) is 5.69 Å². The Morgan fingerprint density at radius 3 is 2.68 bits per heavy atom. The number of thiophene rings is 1. The average Bonchev–Trinajstić information content (AvgIpc) is 3.14. The zero-order valence-electron chi connectivity index (χ0n) is 15.2. The Hall–Kier alpha value is -1.63. The molecule has 0 aliphatic carbocycles. The van der Waals surface area contributed by atoms with Crippen molar-refractivity contribution in [2.45, 2.75) is 20.4 Å². The maximum absolute atomic E-state index is 5.70. The minimum absolute atomic E-state index is 0.758. The van der Waals surface area contributed by atoms with E-state index in [4.69, 9.17) is 17.0 Å². The largest absolute Gasteiger partial charge is 0.497 e. The van der Waals surface area contributed by atoms with Crippen LogP contribution in [0.2, 0.25) is 0 Å². The first-order chi connectivity index (χ1) is 12.2. The molecule has 136 valence electrons. The van der Waals surface area contributed by atoms with Crippen molar-refractivity contribution in [3.63, 3.8) is 0 Å². The molecule has 0 unspecified atom stereocenters. The van der Waals surface area contributed by atoms with E-state index < -0.39 is 0 Å². The fourth-order valence-electron chi connectivity index (χ4n) is 2.64. The van der Waals surface area contributed by atoms with Gasteiger partial charge in [0.25, 0.3) is 0 Å². The van der Waals surface area contributed by atoms with Gasteiger partial charge in [-0.1, -0.05) is 12.1 Å². The number of quaternary nitrogens is 1. The van der Waals surface area contributed by atoms with E-state index in [0.717, 1.165) is 49.3 Å². The van der Waals surface area contributed by atoms with Gasteiger partial charge in [0.05, 0.1) is 39.8 Å². The number of likely N-dealkylation sites (N-methyl/N-ethyl adjacent to an activating group) is 1. The lowest BCUT2D eigenvalue weighted by atomic mass is 10.3. The van der Waals surface area contributed by atoms with Gasteiger partial charge in [-0.2, -0.15) is 0 Å². The summed E-state index contributed by atoms with van der Waals surface area (Å²) in [6.07, 6.45) is 0. The zero-order chi connectivity index (χ0) is 18.1. The number of nitrogens with one attached hydrogen (secondary N) is 2. The molecule has 2 rings (SSSR count). The standard InChI is InChI=1S/C19H27N3OS2/c1-4-21(5-2)11-12-22(15-18-10-7-13-25-18)19(24)20-16-8-6-9-17(14-16)23-3/h6-10,13-14H,4-5,11-12,15H2,1-3H3,(H,20,24)/p+1. The van der Waals surface area contributed by atoms with Crippen LogP contribution in [-0.2, 0) is 6.54 Å². The third kappa shape index (κ3) is 6.30. The van der Waals surface area contributed by atoms with Crippen LogP contribution in [0.1, 0.15) is 18.7 Å². The van der Waals surface area contributed by atoms with Crippen molar-refractivity contribution in [1.29, 1.82) is 0 Å². The van der Waals surface area contributed by atoms with Gasteiger partial charge in [-0.25, -0.2) is 0 Å². The quantitative estimate of drug-likeness (QED) is 0.657. The summed E-state index contributed by atoms with van der Waals surface area (Å²) in [5.74, 6) is 0.824. The smallest absolute Gasteiger partial charge is 0.173 e. The Morgan fingerprint density at radius 1 is 1.24 bits per heavy atom. The molecule has 0 saturated heterocycles. The maximum Gasteiger partial charge on any atom is 0.173 e. The Morgan fingerprint density at radius 2 is 2.04 bits per heavy atom. The van der Waals surface area contributed by atoms with Crippen molar-refractivity contribution < 1.29 is 9.64 Å². The lowest BCUT2D eigenvalue weighted by Gasteiger charge is -2.27. The molecule has 0 amide bonds.